The third kappa shape index (κ3) is 6.13. The quantitative estimate of drug-likeness (QED) is 0.429. The van der Waals surface area contributed by atoms with E-state index < -0.39 is 10.0 Å². The lowest BCUT2D eigenvalue weighted by molar-refractivity contribution is 0.150. The van der Waals surface area contributed by atoms with E-state index in [1.54, 1.807) is 25.3 Å². The number of para-hydroxylation sites is 1. The number of halogens is 1. The Hall–Kier alpha value is -2.76. The highest BCUT2D eigenvalue weighted by Gasteiger charge is 2.22. The Labute approximate surface area is 217 Å². The van der Waals surface area contributed by atoms with E-state index in [9.17, 15) is 8.42 Å². The Morgan fingerprint density at radius 2 is 1.83 bits per heavy atom. The molecule has 2 heterocycles. The first-order valence-electron chi connectivity index (χ1n) is 11.7. The topological polar surface area (TPSA) is 99.7 Å². The molecule has 3 aromatic rings. The SMILES string of the molecule is COCCN1CCc2ccc(Nc3ncc(Cl)c(Nc4ccccc4S(=O)(=O)N(C)C)n3)cc2CC1. The fourth-order valence-corrected chi connectivity index (χ4v) is 5.24. The Bertz CT molecular complexity index is 1320. The van der Waals surface area contributed by atoms with Crippen molar-refractivity contribution in [1.82, 2.24) is 19.2 Å². The smallest absolute Gasteiger partial charge is 0.244 e. The number of nitrogens with one attached hydrogen (secondary N) is 2. The number of nitrogens with zero attached hydrogens (tertiary/aromatic N) is 4. The summed E-state index contributed by atoms with van der Waals surface area (Å²) in [5.74, 6) is 0.657. The van der Waals surface area contributed by atoms with Gasteiger partial charge in [0.15, 0.2) is 5.82 Å². The Morgan fingerprint density at radius 1 is 1.08 bits per heavy atom. The monoisotopic (exact) mass is 530 g/mol. The number of benzene rings is 2. The van der Waals surface area contributed by atoms with Crippen molar-refractivity contribution in [1.29, 1.82) is 0 Å². The van der Waals surface area contributed by atoms with Crippen LogP contribution in [0.15, 0.2) is 53.6 Å². The van der Waals surface area contributed by atoms with Crippen LogP contribution in [0.5, 0.6) is 0 Å². The van der Waals surface area contributed by atoms with Crippen LogP contribution in [0, 0.1) is 0 Å². The van der Waals surface area contributed by atoms with Gasteiger partial charge in [0.25, 0.3) is 0 Å². The molecule has 192 valence electrons. The van der Waals surface area contributed by atoms with E-state index in [2.05, 4.69) is 37.6 Å². The summed E-state index contributed by atoms with van der Waals surface area (Å²) >= 11 is 6.35. The van der Waals surface area contributed by atoms with Crippen molar-refractivity contribution in [3.8, 4) is 0 Å². The number of rotatable bonds is 9. The molecule has 0 atom stereocenters. The molecule has 0 amide bonds. The molecule has 1 aromatic heterocycles. The Kier molecular flexibility index (Phi) is 8.43. The zero-order chi connectivity index (χ0) is 25.7. The number of methoxy groups -OCH3 is 1. The maximum Gasteiger partial charge on any atom is 0.244 e. The molecule has 1 aliphatic heterocycles. The van der Waals surface area contributed by atoms with Gasteiger partial charge in [-0.25, -0.2) is 17.7 Å². The lowest BCUT2D eigenvalue weighted by Crippen LogP contribution is -2.29. The van der Waals surface area contributed by atoms with Crippen LogP contribution in [-0.4, -0.2) is 75.0 Å². The van der Waals surface area contributed by atoms with Gasteiger partial charge in [-0.2, -0.15) is 4.98 Å². The highest BCUT2D eigenvalue weighted by molar-refractivity contribution is 7.89. The van der Waals surface area contributed by atoms with Crippen LogP contribution in [0.25, 0.3) is 0 Å². The van der Waals surface area contributed by atoms with Crippen molar-refractivity contribution in [3.05, 3.63) is 64.8 Å². The molecular formula is C25H31ClN6O3S. The molecular weight excluding hydrogens is 500 g/mol. The van der Waals surface area contributed by atoms with Gasteiger partial charge in [0.05, 0.1) is 18.5 Å². The molecule has 36 heavy (non-hydrogen) atoms. The van der Waals surface area contributed by atoms with E-state index in [-0.39, 0.29) is 9.92 Å². The summed E-state index contributed by atoms with van der Waals surface area (Å²) in [6.45, 7) is 3.67. The second-order valence-electron chi connectivity index (χ2n) is 8.74. The summed E-state index contributed by atoms with van der Waals surface area (Å²) in [4.78, 5) is 11.4. The van der Waals surface area contributed by atoms with E-state index in [0.717, 1.165) is 49.1 Å². The van der Waals surface area contributed by atoms with Crippen molar-refractivity contribution < 1.29 is 13.2 Å². The van der Waals surface area contributed by atoms with Crippen LogP contribution < -0.4 is 10.6 Å². The zero-order valence-electron chi connectivity index (χ0n) is 20.7. The minimum atomic E-state index is -3.66. The molecule has 0 radical (unpaired) electrons. The molecule has 0 saturated carbocycles. The summed E-state index contributed by atoms with van der Waals surface area (Å²) in [7, 11) is 1.05. The summed E-state index contributed by atoms with van der Waals surface area (Å²) < 4.78 is 31.9. The second-order valence-corrected chi connectivity index (χ2v) is 11.3. The molecule has 0 unspecified atom stereocenters. The van der Waals surface area contributed by atoms with Crippen LogP contribution in [0.1, 0.15) is 11.1 Å². The third-order valence-corrected chi connectivity index (χ3v) is 8.26. The van der Waals surface area contributed by atoms with Gasteiger partial charge in [0, 0.05) is 46.5 Å². The average molecular weight is 531 g/mol. The van der Waals surface area contributed by atoms with Crippen molar-refractivity contribution in [2.24, 2.45) is 0 Å². The zero-order valence-corrected chi connectivity index (χ0v) is 22.2. The first-order valence-corrected chi connectivity index (χ1v) is 13.5. The average Bonchev–Trinajstić information content (AvgIpc) is 3.07. The normalized spacial score (nSPS) is 14.4. The summed E-state index contributed by atoms with van der Waals surface area (Å²) in [6.07, 6.45) is 3.44. The van der Waals surface area contributed by atoms with Crippen LogP contribution in [-0.2, 0) is 27.6 Å². The maximum absolute atomic E-state index is 12.7. The van der Waals surface area contributed by atoms with E-state index in [0.29, 0.717) is 17.5 Å². The van der Waals surface area contributed by atoms with Crippen LogP contribution in [0.4, 0.5) is 23.1 Å². The summed E-state index contributed by atoms with van der Waals surface area (Å²) in [5, 5.41) is 6.59. The van der Waals surface area contributed by atoms with Crippen LogP contribution in [0.3, 0.4) is 0 Å². The van der Waals surface area contributed by atoms with E-state index in [1.165, 1.54) is 37.5 Å². The number of sulfonamides is 1. The number of anilines is 4. The molecule has 1 aliphatic rings. The standard InChI is InChI=1S/C25H31ClN6O3S/c1-31(2)36(33,34)23-7-5-4-6-22(23)29-24-21(26)17-27-25(30-24)28-20-9-8-18-10-12-32(14-15-35-3)13-11-19(18)16-20/h4-9,16-17H,10-15H2,1-3H3,(H2,27,28,29,30). The first-order chi connectivity index (χ1) is 17.3. The van der Waals surface area contributed by atoms with E-state index in [1.807, 2.05) is 6.07 Å². The van der Waals surface area contributed by atoms with Gasteiger partial charge in [-0.1, -0.05) is 29.8 Å². The lowest BCUT2D eigenvalue weighted by Gasteiger charge is -2.18. The second kappa shape index (κ2) is 11.5. The molecule has 2 aromatic carbocycles. The number of ether oxygens (including phenoxy) is 1. The van der Waals surface area contributed by atoms with Gasteiger partial charge >= 0.3 is 0 Å². The van der Waals surface area contributed by atoms with Gasteiger partial charge in [0.2, 0.25) is 16.0 Å². The highest BCUT2D eigenvalue weighted by Crippen LogP contribution is 2.30. The molecule has 0 saturated heterocycles. The van der Waals surface area contributed by atoms with Crippen LogP contribution in [0.2, 0.25) is 5.02 Å². The molecule has 2 N–H and O–H groups in total. The number of hydrogen-bond donors (Lipinski definition) is 2. The molecule has 0 spiro atoms. The number of fused-ring (bicyclic) bond motifs is 1. The van der Waals surface area contributed by atoms with Crippen molar-refractivity contribution in [3.63, 3.8) is 0 Å². The van der Waals surface area contributed by atoms with Gasteiger partial charge in [-0.3, -0.25) is 0 Å². The molecule has 0 aliphatic carbocycles. The van der Waals surface area contributed by atoms with Gasteiger partial charge in [-0.05, 0) is 48.2 Å². The molecule has 0 bridgehead atoms. The fraction of sp³-hybridized carbons (Fsp3) is 0.360. The van der Waals surface area contributed by atoms with E-state index >= 15 is 0 Å². The summed E-state index contributed by atoms with van der Waals surface area (Å²) in [5.41, 5.74) is 3.90. The van der Waals surface area contributed by atoms with Crippen molar-refractivity contribution in [2.75, 3.05) is 58.1 Å². The fourth-order valence-electron chi connectivity index (χ4n) is 4.06. The third-order valence-electron chi connectivity index (χ3n) is 6.11. The lowest BCUT2D eigenvalue weighted by atomic mass is 10.0. The first kappa shape index (κ1) is 26.3. The minimum absolute atomic E-state index is 0.129. The predicted molar refractivity (Wildman–Crippen MR) is 143 cm³/mol. The Morgan fingerprint density at radius 3 is 2.58 bits per heavy atom. The van der Waals surface area contributed by atoms with E-state index in [4.69, 9.17) is 16.3 Å². The maximum atomic E-state index is 12.7. The number of aromatic nitrogens is 2. The molecule has 0 fully saturated rings. The number of hydrogen-bond acceptors (Lipinski definition) is 8. The molecule has 4 rings (SSSR count). The van der Waals surface area contributed by atoms with Gasteiger partial charge in [-0.15, -0.1) is 0 Å². The highest BCUT2D eigenvalue weighted by atomic mass is 35.5. The molecule has 9 nitrogen and oxygen atoms in total. The van der Waals surface area contributed by atoms with Crippen molar-refractivity contribution in [2.45, 2.75) is 17.7 Å². The predicted octanol–water partition coefficient (Wildman–Crippen LogP) is 3.91. The minimum Gasteiger partial charge on any atom is -0.383 e. The van der Waals surface area contributed by atoms with Gasteiger partial charge < -0.3 is 20.3 Å². The molecule has 11 heteroatoms. The summed E-state index contributed by atoms with van der Waals surface area (Å²) in [6, 6.07) is 12.9. The van der Waals surface area contributed by atoms with Gasteiger partial charge in [0.1, 0.15) is 9.92 Å². The Balaban J connectivity index is 1.53. The largest absolute Gasteiger partial charge is 0.383 e. The van der Waals surface area contributed by atoms with Crippen molar-refractivity contribution >= 4 is 44.8 Å². The van der Waals surface area contributed by atoms with Crippen LogP contribution >= 0.6 is 11.6 Å².